The first-order valence-corrected chi connectivity index (χ1v) is 7.06. The molecule has 0 aromatic heterocycles. The SMILES string of the molecule is CC(C)NCCN(C)CC1(C)CCCS1. The quantitative estimate of drug-likeness (QED) is 0.753. The van der Waals surface area contributed by atoms with E-state index in [1.54, 1.807) is 0 Å². The Balaban J connectivity index is 2.14. The van der Waals surface area contributed by atoms with E-state index in [2.05, 4.69) is 49.8 Å². The Morgan fingerprint density at radius 3 is 2.73 bits per heavy atom. The molecule has 0 spiro atoms. The van der Waals surface area contributed by atoms with Gasteiger partial charge in [0.1, 0.15) is 0 Å². The molecule has 0 saturated carbocycles. The third kappa shape index (κ3) is 5.23. The summed E-state index contributed by atoms with van der Waals surface area (Å²) >= 11 is 2.15. The van der Waals surface area contributed by atoms with Crippen LogP contribution in [0.15, 0.2) is 0 Å². The van der Waals surface area contributed by atoms with Crippen molar-refractivity contribution in [3.63, 3.8) is 0 Å². The lowest BCUT2D eigenvalue weighted by molar-refractivity contribution is 0.295. The van der Waals surface area contributed by atoms with Gasteiger partial charge in [0.25, 0.3) is 0 Å². The normalized spacial score (nSPS) is 26.8. The standard InChI is InChI=1S/C12H26N2S/c1-11(2)13-7-8-14(4)10-12(3)6-5-9-15-12/h11,13H,5-10H2,1-4H3. The smallest absolute Gasteiger partial charge is 0.0259 e. The first-order valence-electron chi connectivity index (χ1n) is 6.08. The highest BCUT2D eigenvalue weighted by Crippen LogP contribution is 2.37. The van der Waals surface area contributed by atoms with Gasteiger partial charge in [-0.25, -0.2) is 0 Å². The second-order valence-electron chi connectivity index (χ2n) is 5.25. The Hall–Kier alpha value is 0.270. The van der Waals surface area contributed by atoms with E-state index in [9.17, 15) is 0 Å². The van der Waals surface area contributed by atoms with Gasteiger partial charge >= 0.3 is 0 Å². The molecule has 1 heterocycles. The average molecular weight is 230 g/mol. The molecular formula is C12H26N2S. The van der Waals surface area contributed by atoms with E-state index in [0.29, 0.717) is 10.8 Å². The van der Waals surface area contributed by atoms with Gasteiger partial charge in [-0.1, -0.05) is 13.8 Å². The van der Waals surface area contributed by atoms with Gasteiger partial charge in [-0.15, -0.1) is 0 Å². The van der Waals surface area contributed by atoms with Crippen molar-refractivity contribution in [1.82, 2.24) is 10.2 Å². The summed E-state index contributed by atoms with van der Waals surface area (Å²) in [7, 11) is 2.24. The summed E-state index contributed by atoms with van der Waals surface area (Å²) in [5.74, 6) is 1.36. The number of thioether (sulfide) groups is 1. The lowest BCUT2D eigenvalue weighted by Crippen LogP contribution is -2.39. The molecule has 1 fully saturated rings. The summed E-state index contributed by atoms with van der Waals surface area (Å²) in [5.41, 5.74) is 0. The molecule has 0 amide bonds. The van der Waals surface area contributed by atoms with E-state index in [1.807, 2.05) is 0 Å². The van der Waals surface area contributed by atoms with E-state index in [1.165, 1.54) is 25.1 Å². The van der Waals surface area contributed by atoms with Crippen LogP contribution in [0.4, 0.5) is 0 Å². The lowest BCUT2D eigenvalue weighted by Gasteiger charge is -2.29. The van der Waals surface area contributed by atoms with Crippen molar-refractivity contribution in [3.05, 3.63) is 0 Å². The zero-order chi connectivity index (χ0) is 11.3. The summed E-state index contributed by atoms with van der Waals surface area (Å²) in [5, 5.41) is 3.47. The van der Waals surface area contributed by atoms with Crippen molar-refractivity contribution in [1.29, 1.82) is 0 Å². The maximum Gasteiger partial charge on any atom is 0.0259 e. The number of hydrogen-bond acceptors (Lipinski definition) is 3. The largest absolute Gasteiger partial charge is 0.313 e. The van der Waals surface area contributed by atoms with Gasteiger partial charge in [-0.3, -0.25) is 0 Å². The molecule has 1 rings (SSSR count). The second-order valence-corrected chi connectivity index (χ2v) is 6.93. The molecule has 1 N–H and O–H groups in total. The summed E-state index contributed by atoms with van der Waals surface area (Å²) in [4.78, 5) is 2.47. The molecule has 1 saturated heterocycles. The van der Waals surface area contributed by atoms with Crippen LogP contribution in [0.1, 0.15) is 33.6 Å². The molecule has 90 valence electrons. The van der Waals surface area contributed by atoms with Gasteiger partial charge in [0.2, 0.25) is 0 Å². The minimum atomic E-state index is 0.520. The monoisotopic (exact) mass is 230 g/mol. The van der Waals surface area contributed by atoms with E-state index in [0.717, 1.165) is 13.1 Å². The Labute approximate surface area is 99.2 Å². The number of nitrogens with one attached hydrogen (secondary N) is 1. The Morgan fingerprint density at radius 1 is 1.47 bits per heavy atom. The summed E-state index contributed by atoms with van der Waals surface area (Å²) in [6.45, 7) is 10.3. The average Bonchev–Trinajstić information content (AvgIpc) is 2.50. The fourth-order valence-electron chi connectivity index (χ4n) is 2.16. The predicted molar refractivity (Wildman–Crippen MR) is 70.7 cm³/mol. The number of likely N-dealkylation sites (N-methyl/N-ethyl adjacent to an activating group) is 1. The topological polar surface area (TPSA) is 15.3 Å². The number of rotatable bonds is 6. The lowest BCUT2D eigenvalue weighted by atomic mass is 10.1. The van der Waals surface area contributed by atoms with Crippen LogP contribution < -0.4 is 5.32 Å². The first kappa shape index (κ1) is 13.3. The van der Waals surface area contributed by atoms with Crippen molar-refractivity contribution >= 4 is 11.8 Å². The predicted octanol–water partition coefficient (Wildman–Crippen LogP) is 2.20. The van der Waals surface area contributed by atoms with Crippen LogP contribution in [0, 0.1) is 0 Å². The molecule has 3 heteroatoms. The number of nitrogens with zero attached hydrogens (tertiary/aromatic N) is 1. The Kier molecular flexibility index (Phi) is 5.44. The van der Waals surface area contributed by atoms with Gasteiger partial charge in [0, 0.05) is 30.4 Å². The second kappa shape index (κ2) is 6.12. The van der Waals surface area contributed by atoms with Crippen LogP contribution in [0.5, 0.6) is 0 Å². The zero-order valence-electron chi connectivity index (χ0n) is 10.7. The molecule has 15 heavy (non-hydrogen) atoms. The van der Waals surface area contributed by atoms with Gasteiger partial charge in [0.15, 0.2) is 0 Å². The molecule has 1 unspecified atom stereocenters. The minimum absolute atomic E-state index is 0.520. The van der Waals surface area contributed by atoms with Crippen molar-refractivity contribution in [2.75, 3.05) is 32.4 Å². The summed E-state index contributed by atoms with van der Waals surface area (Å²) in [6, 6.07) is 0.606. The van der Waals surface area contributed by atoms with Crippen LogP contribution in [0.2, 0.25) is 0 Å². The van der Waals surface area contributed by atoms with E-state index in [4.69, 9.17) is 0 Å². The van der Waals surface area contributed by atoms with Crippen LogP contribution in [-0.4, -0.2) is 48.1 Å². The highest BCUT2D eigenvalue weighted by molar-refractivity contribution is 8.00. The van der Waals surface area contributed by atoms with Crippen molar-refractivity contribution in [2.24, 2.45) is 0 Å². The molecule has 1 aliphatic heterocycles. The van der Waals surface area contributed by atoms with Crippen LogP contribution in [-0.2, 0) is 0 Å². The fourth-order valence-corrected chi connectivity index (χ4v) is 3.54. The molecule has 1 aliphatic rings. The number of hydrogen-bond donors (Lipinski definition) is 1. The van der Waals surface area contributed by atoms with Gasteiger partial charge in [-0.2, -0.15) is 11.8 Å². The highest BCUT2D eigenvalue weighted by atomic mass is 32.2. The van der Waals surface area contributed by atoms with Crippen LogP contribution >= 0.6 is 11.8 Å². The summed E-state index contributed by atoms with van der Waals surface area (Å²) in [6.07, 6.45) is 2.79. The fraction of sp³-hybridized carbons (Fsp3) is 1.00. The van der Waals surface area contributed by atoms with Gasteiger partial charge in [-0.05, 0) is 32.6 Å². The van der Waals surface area contributed by atoms with E-state index in [-0.39, 0.29) is 0 Å². The molecule has 0 radical (unpaired) electrons. The van der Waals surface area contributed by atoms with Crippen LogP contribution in [0.25, 0.3) is 0 Å². The van der Waals surface area contributed by atoms with Crippen molar-refractivity contribution in [2.45, 2.75) is 44.4 Å². The third-order valence-electron chi connectivity index (χ3n) is 2.95. The molecule has 0 aliphatic carbocycles. The van der Waals surface area contributed by atoms with Gasteiger partial charge < -0.3 is 10.2 Å². The molecule has 1 atom stereocenters. The third-order valence-corrected chi connectivity index (χ3v) is 4.47. The molecule has 0 bridgehead atoms. The minimum Gasteiger partial charge on any atom is -0.313 e. The molecular weight excluding hydrogens is 204 g/mol. The van der Waals surface area contributed by atoms with E-state index >= 15 is 0 Å². The van der Waals surface area contributed by atoms with Gasteiger partial charge in [0.05, 0.1) is 0 Å². The molecule has 0 aromatic rings. The van der Waals surface area contributed by atoms with Crippen LogP contribution in [0.3, 0.4) is 0 Å². The Morgan fingerprint density at radius 2 is 2.20 bits per heavy atom. The maximum absolute atomic E-state index is 3.47. The maximum atomic E-state index is 3.47. The van der Waals surface area contributed by atoms with Crippen molar-refractivity contribution in [3.8, 4) is 0 Å². The Bertz CT molecular complexity index is 176. The van der Waals surface area contributed by atoms with E-state index < -0.39 is 0 Å². The zero-order valence-corrected chi connectivity index (χ0v) is 11.5. The molecule has 0 aromatic carbocycles. The molecule has 2 nitrogen and oxygen atoms in total. The highest BCUT2D eigenvalue weighted by Gasteiger charge is 2.30. The van der Waals surface area contributed by atoms with Crippen molar-refractivity contribution < 1.29 is 0 Å². The summed E-state index contributed by atoms with van der Waals surface area (Å²) < 4.78 is 0.520. The first-order chi connectivity index (χ1) is 7.02.